The topological polar surface area (TPSA) is 37.8 Å². The molecule has 0 radical (unpaired) electrons. The second kappa shape index (κ2) is 2.41. The van der Waals surface area contributed by atoms with Crippen LogP contribution in [0, 0.1) is 0 Å². The van der Waals surface area contributed by atoms with Gasteiger partial charge in [-0.25, -0.2) is 4.39 Å². The Hall–Kier alpha value is -0.710. The average Bonchev–Trinajstić information content (AvgIpc) is 2.53. The van der Waals surface area contributed by atoms with Gasteiger partial charge in [0, 0.05) is 0 Å². The molecule has 1 aromatic heterocycles. The molecule has 3 nitrogen and oxygen atoms in total. The van der Waals surface area contributed by atoms with Crippen LogP contribution < -0.4 is 5.32 Å². The molecule has 0 unspecified atom stereocenters. The van der Waals surface area contributed by atoms with Gasteiger partial charge in [0.15, 0.2) is 0 Å². The summed E-state index contributed by atoms with van der Waals surface area (Å²) in [4.78, 5) is 0. The quantitative estimate of drug-likeness (QED) is 0.751. The van der Waals surface area contributed by atoms with Crippen LogP contribution in [0.25, 0.3) is 0 Å². The Morgan fingerprint density at radius 2 is 2.55 bits per heavy atom. The summed E-state index contributed by atoms with van der Waals surface area (Å²) in [6.07, 6.45) is 1.36. The van der Waals surface area contributed by atoms with Crippen LogP contribution in [-0.4, -0.2) is 22.4 Å². The average molecular weight is 173 g/mol. The van der Waals surface area contributed by atoms with Gasteiger partial charge in [-0.3, -0.25) is 0 Å². The highest BCUT2D eigenvalue weighted by atomic mass is 32.1. The first-order valence-corrected chi connectivity index (χ1v) is 4.35. The molecule has 60 valence electrons. The van der Waals surface area contributed by atoms with E-state index in [0.29, 0.717) is 24.5 Å². The highest BCUT2D eigenvalue weighted by Gasteiger charge is 2.42. The molecule has 0 aliphatic heterocycles. The first-order chi connectivity index (χ1) is 5.29. The summed E-state index contributed by atoms with van der Waals surface area (Å²) >= 11 is 1.39. The van der Waals surface area contributed by atoms with E-state index in [2.05, 4.69) is 15.5 Å². The summed E-state index contributed by atoms with van der Waals surface area (Å²) in [5.74, 6) is 0. The van der Waals surface area contributed by atoms with Crippen molar-refractivity contribution in [3.8, 4) is 0 Å². The van der Waals surface area contributed by atoms with Crippen molar-refractivity contribution in [1.82, 2.24) is 10.2 Å². The maximum absolute atomic E-state index is 13.0. The van der Waals surface area contributed by atoms with Crippen LogP contribution in [0.2, 0.25) is 0 Å². The van der Waals surface area contributed by atoms with Crippen LogP contribution in [0.1, 0.15) is 12.8 Å². The molecule has 2 rings (SSSR count). The van der Waals surface area contributed by atoms with Crippen molar-refractivity contribution >= 4 is 16.5 Å². The third-order valence-corrected chi connectivity index (χ3v) is 2.36. The highest BCUT2D eigenvalue weighted by molar-refractivity contribution is 7.13. The summed E-state index contributed by atoms with van der Waals surface area (Å²) < 4.78 is 13.0. The Morgan fingerprint density at radius 3 is 3.09 bits per heavy atom. The van der Waals surface area contributed by atoms with Gasteiger partial charge in [-0.15, -0.1) is 10.2 Å². The van der Waals surface area contributed by atoms with Crippen molar-refractivity contribution in [3.05, 3.63) is 5.51 Å². The number of nitrogens with one attached hydrogen (secondary N) is 1. The number of hydrogen-bond acceptors (Lipinski definition) is 4. The van der Waals surface area contributed by atoms with Gasteiger partial charge in [-0.05, 0) is 12.8 Å². The molecule has 1 heterocycles. The number of hydrogen-bond donors (Lipinski definition) is 1. The van der Waals surface area contributed by atoms with Crippen LogP contribution >= 0.6 is 11.3 Å². The highest BCUT2D eigenvalue weighted by Crippen LogP contribution is 2.39. The molecule has 0 bridgehead atoms. The molecule has 0 atom stereocenters. The van der Waals surface area contributed by atoms with Gasteiger partial charge < -0.3 is 5.32 Å². The monoisotopic (exact) mass is 173 g/mol. The fourth-order valence-electron chi connectivity index (χ4n) is 0.797. The first-order valence-electron chi connectivity index (χ1n) is 3.47. The molecule has 1 aliphatic carbocycles. The van der Waals surface area contributed by atoms with Crippen molar-refractivity contribution in [1.29, 1.82) is 0 Å². The zero-order valence-electron chi connectivity index (χ0n) is 5.88. The lowest BCUT2D eigenvalue weighted by atomic mass is 10.4. The molecule has 1 saturated carbocycles. The molecule has 0 saturated heterocycles. The third kappa shape index (κ3) is 1.65. The largest absolute Gasteiger partial charge is 0.357 e. The lowest BCUT2D eigenvalue weighted by Gasteiger charge is -2.03. The number of aromatic nitrogens is 2. The Bertz CT molecular complexity index is 232. The third-order valence-electron chi connectivity index (χ3n) is 1.71. The predicted molar refractivity (Wildman–Crippen MR) is 41.5 cm³/mol. The zero-order valence-corrected chi connectivity index (χ0v) is 6.70. The standard InChI is InChI=1S/C6H8FN3S/c7-6(1-2-6)3-8-5-10-9-4-11-5/h4H,1-3H2,(H,8,10). The Balaban J connectivity index is 1.83. The molecule has 1 aliphatic rings. The summed E-state index contributed by atoms with van der Waals surface area (Å²) in [6, 6.07) is 0. The summed E-state index contributed by atoms with van der Waals surface area (Å²) in [6.45, 7) is 0.377. The molecule has 11 heavy (non-hydrogen) atoms. The number of nitrogens with zero attached hydrogens (tertiary/aromatic N) is 2. The molecule has 0 amide bonds. The normalized spacial score (nSPS) is 19.7. The minimum atomic E-state index is -0.953. The van der Waals surface area contributed by atoms with E-state index in [1.807, 2.05) is 0 Å². The second-order valence-electron chi connectivity index (χ2n) is 2.75. The van der Waals surface area contributed by atoms with Crippen molar-refractivity contribution < 1.29 is 4.39 Å². The lowest BCUT2D eigenvalue weighted by Crippen LogP contribution is -2.15. The van der Waals surface area contributed by atoms with Crippen LogP contribution in [0.4, 0.5) is 9.52 Å². The molecule has 0 aromatic carbocycles. The SMILES string of the molecule is FC1(CNc2nncs2)CC1. The summed E-state index contributed by atoms with van der Waals surface area (Å²) in [5.41, 5.74) is 0.672. The Kier molecular flexibility index (Phi) is 1.52. The molecule has 5 heteroatoms. The van der Waals surface area contributed by atoms with E-state index in [9.17, 15) is 4.39 Å². The van der Waals surface area contributed by atoms with Gasteiger partial charge in [0.25, 0.3) is 0 Å². The van der Waals surface area contributed by atoms with E-state index < -0.39 is 5.67 Å². The number of halogens is 1. The fraction of sp³-hybridized carbons (Fsp3) is 0.667. The van der Waals surface area contributed by atoms with Crippen LogP contribution in [0.5, 0.6) is 0 Å². The van der Waals surface area contributed by atoms with Crippen LogP contribution in [0.15, 0.2) is 5.51 Å². The fourth-order valence-corrected chi connectivity index (χ4v) is 1.24. The molecular formula is C6H8FN3S. The smallest absolute Gasteiger partial charge is 0.205 e. The van der Waals surface area contributed by atoms with E-state index in [-0.39, 0.29) is 0 Å². The summed E-state index contributed by atoms with van der Waals surface area (Å²) in [5, 5.41) is 11.0. The lowest BCUT2D eigenvalue weighted by molar-refractivity contribution is 0.326. The number of anilines is 1. The van der Waals surface area contributed by atoms with Crippen molar-refractivity contribution in [2.75, 3.05) is 11.9 Å². The number of alkyl halides is 1. The molecular weight excluding hydrogens is 165 g/mol. The second-order valence-corrected chi connectivity index (χ2v) is 3.58. The van der Waals surface area contributed by atoms with E-state index in [1.54, 1.807) is 5.51 Å². The minimum Gasteiger partial charge on any atom is -0.357 e. The van der Waals surface area contributed by atoms with E-state index in [4.69, 9.17) is 0 Å². The maximum Gasteiger partial charge on any atom is 0.205 e. The first kappa shape index (κ1) is 6.97. The van der Waals surface area contributed by atoms with Crippen molar-refractivity contribution in [2.24, 2.45) is 0 Å². The number of rotatable bonds is 3. The minimum absolute atomic E-state index is 0.377. The van der Waals surface area contributed by atoms with Gasteiger partial charge in [0.2, 0.25) is 5.13 Å². The van der Waals surface area contributed by atoms with Crippen LogP contribution in [0.3, 0.4) is 0 Å². The summed E-state index contributed by atoms with van der Waals surface area (Å²) in [7, 11) is 0. The Morgan fingerprint density at radius 1 is 1.73 bits per heavy atom. The maximum atomic E-state index is 13.0. The van der Waals surface area contributed by atoms with Gasteiger partial charge in [-0.1, -0.05) is 11.3 Å². The van der Waals surface area contributed by atoms with Gasteiger partial charge in [-0.2, -0.15) is 0 Å². The van der Waals surface area contributed by atoms with Crippen molar-refractivity contribution in [2.45, 2.75) is 18.5 Å². The van der Waals surface area contributed by atoms with Gasteiger partial charge >= 0.3 is 0 Å². The Labute approximate surface area is 67.6 Å². The van der Waals surface area contributed by atoms with Crippen LogP contribution in [-0.2, 0) is 0 Å². The predicted octanol–water partition coefficient (Wildman–Crippen LogP) is 1.45. The molecule has 0 spiro atoms. The molecule has 1 fully saturated rings. The van der Waals surface area contributed by atoms with E-state index >= 15 is 0 Å². The molecule has 1 aromatic rings. The van der Waals surface area contributed by atoms with Gasteiger partial charge in [0.05, 0.1) is 6.54 Å². The molecule has 1 N–H and O–H groups in total. The van der Waals surface area contributed by atoms with E-state index in [0.717, 1.165) is 0 Å². The van der Waals surface area contributed by atoms with E-state index in [1.165, 1.54) is 11.3 Å². The van der Waals surface area contributed by atoms with Gasteiger partial charge in [0.1, 0.15) is 11.2 Å². The van der Waals surface area contributed by atoms with Crippen molar-refractivity contribution in [3.63, 3.8) is 0 Å². The zero-order chi connectivity index (χ0) is 7.73.